The second kappa shape index (κ2) is 8.54. The molecule has 8 nitrogen and oxygen atoms in total. The molecular formula is C20H16N2O6. The second-order valence-electron chi connectivity index (χ2n) is 5.53. The van der Waals surface area contributed by atoms with Crippen molar-refractivity contribution in [3.8, 4) is 0 Å². The second-order valence-corrected chi connectivity index (χ2v) is 5.53. The van der Waals surface area contributed by atoms with Gasteiger partial charge in [0.1, 0.15) is 11.5 Å². The fraction of sp³-hybridized carbons (Fsp3) is 0.0500. The van der Waals surface area contributed by atoms with Gasteiger partial charge in [-0.25, -0.2) is 4.79 Å². The first-order valence-electron chi connectivity index (χ1n) is 8.16. The number of carbonyl (C=O) groups excluding carboxylic acids is 3. The van der Waals surface area contributed by atoms with Gasteiger partial charge in [0.15, 0.2) is 5.76 Å². The summed E-state index contributed by atoms with van der Waals surface area (Å²) in [5.74, 6) is -1.21. The van der Waals surface area contributed by atoms with Crippen molar-refractivity contribution in [2.45, 2.75) is 0 Å². The number of esters is 1. The van der Waals surface area contributed by atoms with Crippen LogP contribution in [0.5, 0.6) is 0 Å². The van der Waals surface area contributed by atoms with Crippen molar-refractivity contribution in [1.29, 1.82) is 0 Å². The molecule has 0 aliphatic carbocycles. The number of nitrogens with one attached hydrogen (secondary N) is 2. The molecule has 2 aromatic heterocycles. The predicted molar refractivity (Wildman–Crippen MR) is 99.3 cm³/mol. The largest absolute Gasteiger partial charge is 0.465 e. The van der Waals surface area contributed by atoms with E-state index in [-0.39, 0.29) is 11.5 Å². The maximum absolute atomic E-state index is 12.7. The number of furan rings is 2. The van der Waals surface area contributed by atoms with Crippen molar-refractivity contribution in [3.63, 3.8) is 0 Å². The number of carbonyl (C=O) groups is 3. The number of methoxy groups -OCH3 is 1. The van der Waals surface area contributed by atoms with Gasteiger partial charge in [0.25, 0.3) is 11.8 Å². The predicted octanol–water partition coefficient (Wildman–Crippen LogP) is 3.07. The highest BCUT2D eigenvalue weighted by Gasteiger charge is 2.17. The normalized spacial score (nSPS) is 11.0. The Bertz CT molecular complexity index is 986. The third-order valence-electron chi connectivity index (χ3n) is 3.63. The van der Waals surface area contributed by atoms with E-state index >= 15 is 0 Å². The molecule has 0 saturated carbocycles. The fourth-order valence-corrected chi connectivity index (χ4v) is 2.27. The molecular weight excluding hydrogens is 364 g/mol. The number of hydrogen-bond donors (Lipinski definition) is 2. The number of rotatable bonds is 6. The summed E-state index contributed by atoms with van der Waals surface area (Å²) in [5.41, 5.74) is 0.724. The molecule has 2 heterocycles. The van der Waals surface area contributed by atoms with Crippen LogP contribution in [0.15, 0.2) is 75.6 Å². The van der Waals surface area contributed by atoms with E-state index in [1.54, 1.807) is 30.3 Å². The lowest BCUT2D eigenvalue weighted by Crippen LogP contribution is -2.30. The van der Waals surface area contributed by atoms with E-state index in [0.717, 1.165) is 0 Å². The lowest BCUT2D eigenvalue weighted by atomic mass is 10.2. The Morgan fingerprint density at radius 1 is 0.964 bits per heavy atom. The molecule has 0 atom stereocenters. The molecule has 0 radical (unpaired) electrons. The minimum atomic E-state index is -0.584. The van der Waals surface area contributed by atoms with Gasteiger partial charge in [-0.05, 0) is 48.5 Å². The van der Waals surface area contributed by atoms with Gasteiger partial charge in [-0.2, -0.15) is 0 Å². The quantitative estimate of drug-likeness (QED) is 0.502. The Morgan fingerprint density at radius 3 is 2.29 bits per heavy atom. The zero-order valence-electron chi connectivity index (χ0n) is 14.8. The van der Waals surface area contributed by atoms with Gasteiger partial charge < -0.3 is 24.2 Å². The van der Waals surface area contributed by atoms with Gasteiger partial charge in [-0.15, -0.1) is 0 Å². The van der Waals surface area contributed by atoms with Crippen LogP contribution in [0, 0.1) is 0 Å². The average Bonchev–Trinajstić information content (AvgIpc) is 3.41. The van der Waals surface area contributed by atoms with Gasteiger partial charge in [0.05, 0.1) is 25.2 Å². The van der Waals surface area contributed by atoms with Crippen LogP contribution in [0.25, 0.3) is 6.08 Å². The van der Waals surface area contributed by atoms with E-state index < -0.39 is 17.8 Å². The van der Waals surface area contributed by atoms with Crippen molar-refractivity contribution in [2.75, 3.05) is 12.4 Å². The highest BCUT2D eigenvalue weighted by molar-refractivity contribution is 6.10. The summed E-state index contributed by atoms with van der Waals surface area (Å²) in [6.45, 7) is 0. The summed E-state index contributed by atoms with van der Waals surface area (Å²) in [6, 6.07) is 12.4. The lowest BCUT2D eigenvalue weighted by molar-refractivity contribution is -0.113. The van der Waals surface area contributed by atoms with Gasteiger partial charge in [-0.3, -0.25) is 9.59 Å². The van der Waals surface area contributed by atoms with E-state index in [9.17, 15) is 14.4 Å². The Labute approximate surface area is 159 Å². The van der Waals surface area contributed by atoms with Crippen molar-refractivity contribution in [1.82, 2.24) is 5.32 Å². The first-order valence-corrected chi connectivity index (χ1v) is 8.16. The number of anilines is 1. The summed E-state index contributed by atoms with van der Waals surface area (Å²) >= 11 is 0. The monoisotopic (exact) mass is 380 g/mol. The summed E-state index contributed by atoms with van der Waals surface area (Å²) in [7, 11) is 1.28. The zero-order valence-corrected chi connectivity index (χ0v) is 14.8. The maximum atomic E-state index is 12.7. The van der Waals surface area contributed by atoms with Gasteiger partial charge in [0.2, 0.25) is 0 Å². The highest BCUT2D eigenvalue weighted by Crippen LogP contribution is 2.13. The molecule has 1 aromatic carbocycles. The van der Waals surface area contributed by atoms with Crippen LogP contribution >= 0.6 is 0 Å². The summed E-state index contributed by atoms with van der Waals surface area (Å²) in [4.78, 5) is 36.4. The molecule has 0 fully saturated rings. The third kappa shape index (κ3) is 4.55. The Morgan fingerprint density at radius 2 is 1.68 bits per heavy atom. The minimum Gasteiger partial charge on any atom is -0.465 e. The topological polar surface area (TPSA) is 111 Å². The molecule has 0 aliphatic heterocycles. The van der Waals surface area contributed by atoms with Gasteiger partial charge in [-0.1, -0.05) is 0 Å². The van der Waals surface area contributed by atoms with Crippen LogP contribution in [-0.4, -0.2) is 24.9 Å². The van der Waals surface area contributed by atoms with Crippen LogP contribution in [0.3, 0.4) is 0 Å². The molecule has 0 bridgehead atoms. The van der Waals surface area contributed by atoms with Crippen molar-refractivity contribution >= 4 is 29.5 Å². The van der Waals surface area contributed by atoms with Crippen molar-refractivity contribution < 1.29 is 28.0 Å². The maximum Gasteiger partial charge on any atom is 0.337 e. The van der Waals surface area contributed by atoms with E-state index in [2.05, 4.69) is 15.4 Å². The van der Waals surface area contributed by atoms with Crippen LogP contribution < -0.4 is 10.6 Å². The smallest absolute Gasteiger partial charge is 0.337 e. The molecule has 2 N–H and O–H groups in total. The Kier molecular flexibility index (Phi) is 5.71. The van der Waals surface area contributed by atoms with Gasteiger partial charge in [0, 0.05) is 11.8 Å². The first kappa shape index (κ1) is 18.7. The Balaban J connectivity index is 1.78. The first-order chi connectivity index (χ1) is 13.6. The van der Waals surface area contributed by atoms with Crippen LogP contribution in [-0.2, 0) is 9.53 Å². The van der Waals surface area contributed by atoms with Crippen LogP contribution in [0.2, 0.25) is 0 Å². The molecule has 0 aliphatic rings. The summed E-state index contributed by atoms with van der Waals surface area (Å²) in [6.07, 6.45) is 4.19. The van der Waals surface area contributed by atoms with Crippen LogP contribution in [0.1, 0.15) is 26.7 Å². The summed E-state index contributed by atoms with van der Waals surface area (Å²) < 4.78 is 14.9. The molecule has 0 saturated heterocycles. The number of ether oxygens (including phenoxy) is 1. The minimum absolute atomic E-state index is 0.0478. The van der Waals surface area contributed by atoms with Crippen molar-refractivity contribution in [2.24, 2.45) is 0 Å². The molecule has 0 spiro atoms. The number of benzene rings is 1. The van der Waals surface area contributed by atoms with Crippen LogP contribution in [0.4, 0.5) is 5.69 Å². The standard InChI is InChI=1S/C20H16N2O6/c1-26-20(25)13-6-8-14(9-7-13)21-18(23)16(12-15-4-2-10-27-15)22-19(24)17-5-3-11-28-17/h2-12H,1H3,(H,21,23)(H,22,24)/b16-12-. The van der Waals surface area contributed by atoms with E-state index in [0.29, 0.717) is 17.0 Å². The zero-order chi connectivity index (χ0) is 19.9. The SMILES string of the molecule is COC(=O)c1ccc(NC(=O)/C(=C/c2ccco2)NC(=O)c2ccco2)cc1. The molecule has 2 amide bonds. The lowest BCUT2D eigenvalue weighted by Gasteiger charge is -2.10. The number of hydrogen-bond acceptors (Lipinski definition) is 6. The van der Waals surface area contributed by atoms with E-state index in [1.807, 2.05) is 0 Å². The highest BCUT2D eigenvalue weighted by atomic mass is 16.5. The molecule has 142 valence electrons. The fourth-order valence-electron chi connectivity index (χ4n) is 2.27. The van der Waals surface area contributed by atoms with Gasteiger partial charge >= 0.3 is 5.97 Å². The molecule has 0 unspecified atom stereocenters. The Hall–Kier alpha value is -4.07. The average molecular weight is 380 g/mol. The van der Waals surface area contributed by atoms with E-state index in [4.69, 9.17) is 8.83 Å². The summed E-state index contributed by atoms with van der Waals surface area (Å²) in [5, 5.41) is 5.14. The molecule has 3 rings (SSSR count). The number of amides is 2. The molecule has 3 aromatic rings. The van der Waals surface area contributed by atoms with E-state index in [1.165, 1.54) is 43.9 Å². The van der Waals surface area contributed by atoms with Crippen molar-refractivity contribution in [3.05, 3.63) is 83.8 Å². The molecule has 28 heavy (non-hydrogen) atoms. The third-order valence-corrected chi connectivity index (χ3v) is 3.63. The molecule has 8 heteroatoms.